The zero-order valence-electron chi connectivity index (χ0n) is 38.3. The van der Waals surface area contributed by atoms with Gasteiger partial charge in [0, 0.05) is 111 Å². The largest absolute Gasteiger partial charge is 0.376 e. The molecule has 0 radical (unpaired) electrons. The van der Waals surface area contributed by atoms with E-state index in [0.29, 0.717) is 5.75 Å². The summed E-state index contributed by atoms with van der Waals surface area (Å²) in [5.74, 6) is -0.139. The van der Waals surface area contributed by atoms with Crippen LogP contribution in [0.5, 0.6) is 0 Å². The van der Waals surface area contributed by atoms with Gasteiger partial charge >= 0.3 is 0 Å². The normalized spacial score (nSPS) is 20.3. The number of rotatable bonds is 18. The molecule has 17 heteroatoms. The minimum Gasteiger partial charge on any atom is -0.376 e. The Hall–Kier alpha value is -4.19. The van der Waals surface area contributed by atoms with E-state index in [1.807, 2.05) is 54.6 Å². The number of sulfonamides is 1. The van der Waals surface area contributed by atoms with Gasteiger partial charge in [0.05, 0.1) is 9.82 Å². The molecular formula is C50H64Cl2N8O5S2. The van der Waals surface area contributed by atoms with Crippen LogP contribution < -0.4 is 20.3 Å². The first kappa shape index (κ1) is 50.7. The van der Waals surface area contributed by atoms with E-state index in [-0.39, 0.29) is 45.7 Å². The molecule has 4 aromatic carbocycles. The second-order valence-electron chi connectivity index (χ2n) is 18.6. The van der Waals surface area contributed by atoms with Crippen LogP contribution in [-0.2, 0) is 10.0 Å². The second-order valence-corrected chi connectivity index (χ2v) is 21.8. The van der Waals surface area contributed by atoms with Crippen molar-refractivity contribution in [2.24, 2.45) is 5.41 Å². The highest BCUT2D eigenvalue weighted by atomic mass is 35.5. The molecule has 67 heavy (non-hydrogen) atoms. The number of anilines is 2. The quantitative estimate of drug-likeness (QED) is 0.0500. The van der Waals surface area contributed by atoms with Gasteiger partial charge in [-0.25, -0.2) is 13.1 Å². The lowest BCUT2D eigenvalue weighted by molar-refractivity contribution is -0.384. The molecule has 3 N–H and O–H groups in total. The number of hydrogen-bond acceptors (Lipinski definition) is 12. The van der Waals surface area contributed by atoms with Crippen LogP contribution in [0.15, 0.2) is 112 Å². The molecule has 0 spiro atoms. The summed E-state index contributed by atoms with van der Waals surface area (Å²) in [6.45, 7) is 15.2. The van der Waals surface area contributed by atoms with Gasteiger partial charge in [0.25, 0.3) is 21.6 Å². The number of nitro benzene ring substituents is 1. The molecule has 1 aliphatic carbocycles. The zero-order chi connectivity index (χ0) is 46.1. The van der Waals surface area contributed by atoms with E-state index in [2.05, 4.69) is 54.0 Å². The number of nitro groups is 1. The zero-order valence-corrected chi connectivity index (χ0v) is 41.5. The Morgan fingerprint density at radius 3 is 2.27 bits per heavy atom. The Morgan fingerprint density at radius 2 is 1.58 bits per heavy atom. The van der Waals surface area contributed by atoms with Crippen LogP contribution in [0.4, 0.5) is 17.1 Å². The number of amides is 1. The minimum atomic E-state index is -4.44. The number of thioether (sulfide) groups is 1. The maximum Gasteiger partial charge on any atom is 0.293 e. The third-order valence-electron chi connectivity index (χ3n) is 13.6. The first-order valence-electron chi connectivity index (χ1n) is 23.4. The first-order chi connectivity index (χ1) is 31.9. The van der Waals surface area contributed by atoms with E-state index in [0.717, 1.165) is 132 Å². The van der Waals surface area contributed by atoms with Crippen LogP contribution >= 0.6 is 35.8 Å². The third kappa shape index (κ3) is 13.7. The first-order valence-corrected chi connectivity index (χ1v) is 26.2. The van der Waals surface area contributed by atoms with E-state index in [4.69, 9.17) is 11.6 Å². The summed E-state index contributed by atoms with van der Waals surface area (Å²) in [6, 6.07) is 28.9. The smallest absolute Gasteiger partial charge is 0.293 e. The van der Waals surface area contributed by atoms with Gasteiger partial charge in [0.2, 0.25) is 0 Å². The van der Waals surface area contributed by atoms with Crippen molar-refractivity contribution in [3.63, 3.8) is 0 Å². The molecule has 2 atom stereocenters. The number of carbonyl (C=O) groups excluding carboxylic acids is 1. The number of benzene rings is 4. The average molecular weight is 992 g/mol. The average Bonchev–Trinajstić information content (AvgIpc) is 3.85. The topological polar surface area (TPSA) is 143 Å². The lowest BCUT2D eigenvalue weighted by Gasteiger charge is -2.43. The molecule has 0 bridgehead atoms. The van der Waals surface area contributed by atoms with E-state index in [9.17, 15) is 23.3 Å². The number of nitrogens with zero attached hydrogens (tertiary/aromatic N) is 5. The number of halogens is 2. The maximum absolute atomic E-state index is 13.6. The summed E-state index contributed by atoms with van der Waals surface area (Å²) >= 11 is 7.97. The van der Waals surface area contributed by atoms with Gasteiger partial charge in [-0.05, 0) is 129 Å². The van der Waals surface area contributed by atoms with E-state index >= 15 is 0 Å². The lowest BCUT2D eigenvalue weighted by Crippen LogP contribution is -2.49. The van der Waals surface area contributed by atoms with Gasteiger partial charge in [-0.2, -0.15) is 0 Å². The molecule has 3 fully saturated rings. The van der Waals surface area contributed by atoms with Gasteiger partial charge in [-0.15, -0.1) is 24.2 Å². The van der Waals surface area contributed by atoms with Gasteiger partial charge < -0.3 is 25.3 Å². The number of likely N-dealkylation sites (tertiary alicyclic amines) is 1. The fourth-order valence-electron chi connectivity index (χ4n) is 9.93. The molecule has 3 heterocycles. The Bertz CT molecular complexity index is 2430. The lowest BCUT2D eigenvalue weighted by atomic mass is 9.71. The summed E-state index contributed by atoms with van der Waals surface area (Å²) in [4.78, 5) is 35.8. The van der Waals surface area contributed by atoms with Crippen LogP contribution in [0.1, 0.15) is 61.4 Å². The van der Waals surface area contributed by atoms with Crippen molar-refractivity contribution in [3.8, 4) is 0 Å². The highest BCUT2D eigenvalue weighted by molar-refractivity contribution is 7.99. The Balaban J connectivity index is 0.00000666. The predicted octanol–water partition coefficient (Wildman–Crippen LogP) is 8.52. The predicted molar refractivity (Wildman–Crippen MR) is 275 cm³/mol. The molecule has 8 rings (SSSR count). The van der Waals surface area contributed by atoms with E-state index < -0.39 is 20.9 Å². The summed E-state index contributed by atoms with van der Waals surface area (Å²) < 4.78 is 29.2. The van der Waals surface area contributed by atoms with E-state index in [1.165, 1.54) is 41.7 Å². The Labute approximate surface area is 411 Å². The summed E-state index contributed by atoms with van der Waals surface area (Å²) in [7, 11) is -4.44. The molecule has 0 aromatic heterocycles. The fraction of sp³-hybridized carbons (Fsp3) is 0.460. The molecule has 1 amide bonds. The van der Waals surface area contributed by atoms with Gasteiger partial charge in [-0.3, -0.25) is 19.8 Å². The Kier molecular flexibility index (Phi) is 17.7. The molecule has 3 saturated heterocycles. The number of hydrogen-bond donors (Lipinski definition) is 3. The van der Waals surface area contributed by atoms with Crippen LogP contribution in [0.3, 0.4) is 0 Å². The molecule has 0 saturated carbocycles. The van der Waals surface area contributed by atoms with Gasteiger partial charge in [-0.1, -0.05) is 54.4 Å². The number of piperazine rings is 2. The molecule has 4 aliphatic rings. The second kappa shape index (κ2) is 23.4. The van der Waals surface area contributed by atoms with Crippen molar-refractivity contribution in [3.05, 3.63) is 129 Å². The van der Waals surface area contributed by atoms with Crippen molar-refractivity contribution in [2.45, 2.75) is 61.3 Å². The molecule has 4 aromatic rings. The van der Waals surface area contributed by atoms with Crippen molar-refractivity contribution < 1.29 is 18.1 Å². The minimum absolute atomic E-state index is 0. The van der Waals surface area contributed by atoms with E-state index in [1.54, 1.807) is 23.9 Å². The summed E-state index contributed by atoms with van der Waals surface area (Å²) in [5.41, 5.74) is 5.46. The molecule has 2 unspecified atom stereocenters. The van der Waals surface area contributed by atoms with Gasteiger partial charge in [0.15, 0.2) is 0 Å². The highest BCUT2D eigenvalue weighted by Crippen LogP contribution is 2.44. The molecule has 13 nitrogen and oxygen atoms in total. The van der Waals surface area contributed by atoms with Crippen LogP contribution in [0.25, 0.3) is 5.57 Å². The van der Waals surface area contributed by atoms with Crippen molar-refractivity contribution in [1.82, 2.24) is 24.7 Å². The fourth-order valence-corrected chi connectivity index (χ4v) is 12.0. The summed E-state index contributed by atoms with van der Waals surface area (Å²) in [5, 5.41) is 20.0. The monoisotopic (exact) mass is 990 g/mol. The third-order valence-corrected chi connectivity index (χ3v) is 16.3. The molecular weight excluding hydrogens is 928 g/mol. The molecule has 360 valence electrons. The van der Waals surface area contributed by atoms with Crippen LogP contribution in [-0.4, -0.2) is 131 Å². The van der Waals surface area contributed by atoms with Crippen molar-refractivity contribution >= 4 is 74.3 Å². The maximum atomic E-state index is 13.6. The van der Waals surface area contributed by atoms with Crippen molar-refractivity contribution in [2.75, 3.05) is 101 Å². The number of nitrogens with one attached hydrogen (secondary N) is 3. The number of allylic oxidation sites excluding steroid dienone is 1. The summed E-state index contributed by atoms with van der Waals surface area (Å²) in [6.07, 6.45) is 6.40. The Morgan fingerprint density at radius 1 is 0.881 bits per heavy atom. The van der Waals surface area contributed by atoms with Gasteiger partial charge in [0.1, 0.15) is 5.69 Å². The standard InChI is InChI=1S/C50H63ClN8O5S2.ClH/c1-50(37-57-27-22-52-23-28-57)21-19-46(38-9-13-41(51)14-10-38)40(34-50)35-56-29-31-58(32-30-56)43-15-11-39(12-16-43)49(60)54-66(63,64)45-17-18-47(48(33-45)59(61)62)53-42(20-26-55-24-5-6-25-55)36-65-44-7-3-2-4-8-44;/h2-4,7-18,33,42,52-53H,5-6,19-32,34-37H2,1H3,(H,54,60);1H. The van der Waals surface area contributed by atoms with Crippen molar-refractivity contribution in [1.29, 1.82) is 0 Å². The SMILES string of the molecule is CC1(CN2CCNCC2)CCC(c2ccc(Cl)cc2)=C(CN2CCN(c3ccc(C(=O)NS(=O)(=O)c4ccc(NC(CCN5CCCC5)CSc5ccccc5)c([N+](=O)[O-])c4)cc3)CC2)C1.Cl. The number of carbonyl (C=O) groups is 1. The van der Waals surface area contributed by atoms with Crippen LogP contribution in [0, 0.1) is 15.5 Å². The molecule has 3 aliphatic heterocycles. The van der Waals surface area contributed by atoms with Crippen LogP contribution in [0.2, 0.25) is 5.02 Å². The highest BCUT2D eigenvalue weighted by Gasteiger charge is 2.35.